The van der Waals surface area contributed by atoms with Gasteiger partial charge in [-0.2, -0.15) is 52.7 Å². The molecular formula is C107H94F12N14O12S2. The Morgan fingerprint density at radius 1 is 0.265 bits per heavy atom. The summed E-state index contributed by atoms with van der Waals surface area (Å²) >= 11 is 0. The molecule has 0 atom stereocenters. The molecule has 0 bridgehead atoms. The van der Waals surface area contributed by atoms with Crippen LogP contribution in [0.2, 0.25) is 0 Å². The molecule has 16 aromatic rings. The predicted molar refractivity (Wildman–Crippen MR) is 545 cm³/mol. The number of rotatable bonds is 15. The van der Waals surface area contributed by atoms with Gasteiger partial charge in [0.05, 0.1) is 70.2 Å². The van der Waals surface area contributed by atoms with Crippen LogP contribution in [0.1, 0.15) is 90.2 Å². The van der Waals surface area contributed by atoms with E-state index in [1.54, 1.807) is 36.4 Å². The number of sulfone groups is 2. The maximum Gasteiger partial charge on any atom is 0.417 e. The van der Waals surface area contributed by atoms with Crippen molar-refractivity contribution < 1.29 is 110 Å². The molecule has 0 fully saturated rings. The lowest BCUT2D eigenvalue weighted by molar-refractivity contribution is -0.173. The maximum absolute atomic E-state index is 14.8. The average Bonchev–Trinajstić information content (AvgIpc) is 1.54. The molecule has 16 aromatic carbocycles. The Hall–Kier alpha value is -18.1. The van der Waals surface area contributed by atoms with Crippen LogP contribution in [0.5, 0.6) is 34.5 Å². The molecule has 0 aromatic heterocycles. The molecule has 40 heteroatoms. The van der Waals surface area contributed by atoms with Crippen LogP contribution in [0.3, 0.4) is 0 Å². The van der Waals surface area contributed by atoms with E-state index in [1.165, 1.54) is 118 Å². The first-order valence-corrected chi connectivity index (χ1v) is 46.4. The van der Waals surface area contributed by atoms with Gasteiger partial charge in [0, 0.05) is 56.6 Å². The van der Waals surface area contributed by atoms with E-state index in [1.807, 2.05) is 24.3 Å². The number of nitrogens with two attached hydrogens (primary N) is 12. The Bertz CT molecular complexity index is 7420. The first-order chi connectivity index (χ1) is 68.9. The second-order valence-electron chi connectivity index (χ2n) is 33.7. The van der Waals surface area contributed by atoms with Gasteiger partial charge in [0.1, 0.15) is 45.3 Å². The summed E-state index contributed by atoms with van der Waals surface area (Å²) in [7, 11) is -7.28. The quantitative estimate of drug-likeness (QED) is 0.0257. The zero-order valence-electron chi connectivity index (χ0n) is 77.2. The van der Waals surface area contributed by atoms with Crippen LogP contribution in [0.25, 0.3) is 22.3 Å². The number of nitrogens with one attached hydrogen (secondary N) is 2. The van der Waals surface area contributed by atoms with Crippen LogP contribution >= 0.6 is 0 Å². The number of carbonyl (C=O) groups excluding carboxylic acids is 2. The second kappa shape index (κ2) is 42.6. The normalized spacial score (nSPS) is 12.2. The molecular weight excluding hydrogens is 1970 g/mol. The highest BCUT2D eigenvalue weighted by molar-refractivity contribution is 7.91. The van der Waals surface area contributed by atoms with Crippen LogP contribution in [0, 0.1) is 0 Å². The molecule has 760 valence electrons. The average molecular weight is 2060 g/mol. The van der Waals surface area contributed by atoms with Crippen LogP contribution in [-0.2, 0) is 48.3 Å². The number of halogens is 12. The van der Waals surface area contributed by atoms with Gasteiger partial charge < -0.3 is 110 Å². The Morgan fingerprint density at radius 3 is 0.830 bits per heavy atom. The van der Waals surface area contributed by atoms with Gasteiger partial charge in [-0.3, -0.25) is 9.59 Å². The van der Waals surface area contributed by atoms with Crippen LogP contribution < -0.4 is 79.4 Å². The van der Waals surface area contributed by atoms with Crippen molar-refractivity contribution in [1.29, 1.82) is 0 Å². The fourth-order valence-corrected chi connectivity index (χ4v) is 18.5. The van der Waals surface area contributed by atoms with Crippen molar-refractivity contribution in [2.75, 3.05) is 79.4 Å². The summed E-state index contributed by atoms with van der Waals surface area (Å²) in [5, 5.41) is 62.9. The predicted octanol–water partition coefficient (Wildman–Crippen LogP) is 21.3. The third-order valence-corrected chi connectivity index (χ3v) is 27.4. The number of amides is 2. The zero-order valence-corrected chi connectivity index (χ0v) is 78.9. The summed E-state index contributed by atoms with van der Waals surface area (Å²) in [5.41, 5.74) is 66.7. The van der Waals surface area contributed by atoms with Gasteiger partial charge in [0.15, 0.2) is 0 Å². The number of aromatic hydroxyl groups is 6. The number of alkyl halides is 12. The highest BCUT2D eigenvalue weighted by Gasteiger charge is 2.56. The molecule has 0 aliphatic heterocycles. The van der Waals surface area contributed by atoms with Gasteiger partial charge >= 0.3 is 24.7 Å². The number of phenols is 6. The minimum Gasteiger partial charge on any atom is -0.506 e. The van der Waals surface area contributed by atoms with E-state index in [9.17, 15) is 110 Å². The minimum atomic E-state index is -4.88. The lowest BCUT2D eigenvalue weighted by Crippen LogP contribution is -2.40. The van der Waals surface area contributed by atoms with Crippen molar-refractivity contribution >= 4 is 111 Å². The summed E-state index contributed by atoms with van der Waals surface area (Å²) in [6, 6.07) is 83.4. The van der Waals surface area contributed by atoms with Crippen molar-refractivity contribution in [2.24, 2.45) is 0 Å². The standard InChI is InChI=1S/C29H25F3N4O4.C25H20N2.C15H15F3N2O2.C14H10F6N2.C12H12N2O4S.C12H12N2O2S/c1-28(29(30,31)32,18-8-10-24(37)22(14-18)35-26(39)16-4-2-6-20(33)12-16)19-9-11-25(38)23(15-19)36-27(40)17-5-3-7-21(34)13-17;26-19-13-9-17(10-14-19)25(18-11-15-20(27)16-12-18)23-7-3-1-5-21(23)22-6-2-4-8-24(22)25;1-14(15(16,17)18,8-2-4-12(21)10(19)6-8)9-3-5-13(22)11(20)7-9;15-13(16,17)11-5-7(21)1-3-9(11)10-4-2-8(22)6-12(10)14(18,19)20;13-9-5-7(1-3-11(9)15)19(17,18)8-2-4-12(16)10(14)6-8;13-9-1-5-11(6-2-9)17(15,16)12-7-3-10(14)4-8-12/h2-15,37-38H,33-34H2,1H3,(H,35,39)(H,36,40);1-16H,26-27H2;2-7,21-22H,19-20H2,1H3;1-6H,21-22H2;1-6,15-16H,13-14H2;1-8H,13-14H2. The van der Waals surface area contributed by atoms with Crippen molar-refractivity contribution in [3.8, 4) is 56.8 Å². The number of anilines is 14. The van der Waals surface area contributed by atoms with Crippen molar-refractivity contribution in [3.05, 3.63) is 406 Å². The Labute approximate surface area is 833 Å². The van der Waals surface area contributed by atoms with Gasteiger partial charge in [-0.1, -0.05) is 121 Å². The first kappa shape index (κ1) is 108. The van der Waals surface area contributed by atoms with Crippen LogP contribution in [-0.4, -0.2) is 71.6 Å². The van der Waals surface area contributed by atoms with Crippen LogP contribution in [0.15, 0.2) is 359 Å². The molecule has 0 saturated carbocycles. The monoisotopic (exact) mass is 2060 g/mol. The first-order valence-electron chi connectivity index (χ1n) is 43.5. The van der Waals surface area contributed by atoms with Crippen molar-refractivity contribution in [1.82, 2.24) is 0 Å². The van der Waals surface area contributed by atoms with E-state index < -0.39 is 101 Å². The van der Waals surface area contributed by atoms with Gasteiger partial charge in [-0.15, -0.1) is 0 Å². The fraction of sp³-hybridized carbons (Fsp3) is 0.0841. The minimum absolute atomic E-state index is 0.0344. The van der Waals surface area contributed by atoms with E-state index in [0.717, 1.165) is 134 Å². The van der Waals surface area contributed by atoms with Crippen LogP contribution in [0.4, 0.5) is 132 Å². The molecule has 147 heavy (non-hydrogen) atoms. The van der Waals surface area contributed by atoms with E-state index >= 15 is 0 Å². The Balaban J connectivity index is 0.000000161. The number of fused-ring (bicyclic) bond motifs is 3. The lowest BCUT2D eigenvalue weighted by atomic mass is 9.67. The molecule has 0 saturated heterocycles. The summed E-state index contributed by atoms with van der Waals surface area (Å²) in [4.78, 5) is 25.7. The molecule has 1 aliphatic rings. The number of benzene rings is 16. The van der Waals surface area contributed by atoms with Gasteiger partial charge in [0.2, 0.25) is 19.7 Å². The van der Waals surface area contributed by atoms with Crippen molar-refractivity contribution in [3.63, 3.8) is 0 Å². The molecule has 17 rings (SSSR count). The molecule has 26 nitrogen and oxygen atoms in total. The van der Waals surface area contributed by atoms with Crippen molar-refractivity contribution in [2.45, 2.75) is 74.4 Å². The second-order valence-corrected chi connectivity index (χ2v) is 37.6. The zero-order chi connectivity index (χ0) is 108. The summed E-state index contributed by atoms with van der Waals surface area (Å²) in [6.07, 6.45) is -19.2. The largest absolute Gasteiger partial charge is 0.506 e. The molecule has 0 radical (unpaired) electrons. The third-order valence-electron chi connectivity index (χ3n) is 23.9. The highest BCUT2D eigenvalue weighted by Crippen LogP contribution is 2.57. The van der Waals surface area contributed by atoms with Gasteiger partial charge in [-0.05, 0) is 299 Å². The van der Waals surface area contributed by atoms with E-state index in [4.69, 9.17) is 68.8 Å². The summed E-state index contributed by atoms with van der Waals surface area (Å²) in [5.74, 6) is -3.25. The number of hydrogen-bond donors (Lipinski definition) is 20. The number of phenolic OH excluding ortho intramolecular Hbond substituents is 6. The SMILES string of the molecule is CC(c1ccc(O)c(N)c1)(c1ccc(O)c(N)c1)C(F)(F)F.CC(c1ccc(O)c(NC(=O)c2cccc(N)c2)c1)(c1ccc(O)c(NC(=O)c2cccc(N)c2)c1)C(F)(F)F.Nc1cc(S(=O)(=O)c2ccc(O)c(N)c2)ccc1O.Nc1ccc(-c2ccc(N)cc2C(F)(F)F)c(C(F)(F)F)c1.Nc1ccc(C2(c3ccc(N)cc3)c3ccccc3-c3ccccc32)cc1.Nc1ccc(S(=O)(=O)c2ccc(N)cc2)cc1. The number of nitrogen functional groups attached to an aromatic ring is 12. The highest BCUT2D eigenvalue weighted by atomic mass is 32.2. The van der Waals surface area contributed by atoms with Gasteiger partial charge in [0.25, 0.3) is 11.8 Å². The summed E-state index contributed by atoms with van der Waals surface area (Å²) in [6.45, 7) is 1.91. The summed E-state index contributed by atoms with van der Waals surface area (Å²) < 4.78 is 213. The van der Waals surface area contributed by atoms with E-state index in [-0.39, 0.29) is 127 Å². The molecule has 0 unspecified atom stereocenters. The smallest absolute Gasteiger partial charge is 0.417 e. The van der Waals surface area contributed by atoms with E-state index in [0.29, 0.717) is 34.9 Å². The van der Waals surface area contributed by atoms with Gasteiger partial charge in [-0.25, -0.2) is 16.8 Å². The fourth-order valence-electron chi connectivity index (χ4n) is 15.9. The molecule has 0 heterocycles. The molecule has 2 amide bonds. The maximum atomic E-state index is 14.8. The number of hydrogen-bond acceptors (Lipinski definition) is 24. The number of carbonyl (C=O) groups is 2. The lowest BCUT2D eigenvalue weighted by Gasteiger charge is -2.34. The Kier molecular flexibility index (Phi) is 31.2. The Morgan fingerprint density at radius 2 is 0.531 bits per heavy atom. The molecule has 0 spiro atoms. The van der Waals surface area contributed by atoms with E-state index in [2.05, 4.69) is 83.4 Å². The topological polar surface area (TPSA) is 560 Å². The molecule has 1 aliphatic carbocycles. The third kappa shape index (κ3) is 23.5. The molecule has 32 N–H and O–H groups in total.